The lowest BCUT2D eigenvalue weighted by Gasteiger charge is -2.15. The van der Waals surface area contributed by atoms with Crippen LogP contribution in [-0.4, -0.2) is 11.1 Å². The molecule has 0 unspecified atom stereocenters. The second-order valence-corrected chi connectivity index (χ2v) is 3.66. The molecule has 0 spiro atoms. The summed E-state index contributed by atoms with van der Waals surface area (Å²) in [5.74, 6) is -0.849. The fourth-order valence-electron chi connectivity index (χ4n) is 1.34. The summed E-state index contributed by atoms with van der Waals surface area (Å²) in [4.78, 5) is 10.9. The second-order valence-electron chi connectivity index (χ2n) is 3.66. The van der Waals surface area contributed by atoms with E-state index in [1.54, 1.807) is 12.1 Å². The molecule has 78 valence electrons. The molecular formula is C11H11NO3. The van der Waals surface area contributed by atoms with E-state index in [4.69, 9.17) is 15.3 Å². The maximum Gasteiger partial charge on any atom is 0.331 e. The molecular weight excluding hydrogens is 194 g/mol. The van der Waals surface area contributed by atoms with E-state index in [0.717, 1.165) is 5.39 Å². The van der Waals surface area contributed by atoms with Crippen molar-refractivity contribution in [1.29, 1.82) is 0 Å². The molecule has 2 aromatic rings. The van der Waals surface area contributed by atoms with Gasteiger partial charge < -0.3 is 15.3 Å². The lowest BCUT2D eigenvalue weighted by atomic mass is 10.0. The summed E-state index contributed by atoms with van der Waals surface area (Å²) in [5, 5.41) is 9.79. The van der Waals surface area contributed by atoms with E-state index < -0.39 is 11.5 Å². The number of nitrogens with two attached hydrogens (primary N) is 1. The third kappa shape index (κ3) is 1.49. The first-order valence-corrected chi connectivity index (χ1v) is 4.53. The quantitative estimate of drug-likeness (QED) is 0.782. The highest BCUT2D eigenvalue weighted by molar-refractivity contribution is 5.83. The Hall–Kier alpha value is -1.81. The summed E-state index contributed by atoms with van der Waals surface area (Å²) in [6.45, 7) is 1.41. The van der Waals surface area contributed by atoms with Crippen molar-refractivity contribution in [3.8, 4) is 0 Å². The van der Waals surface area contributed by atoms with Crippen molar-refractivity contribution in [2.75, 3.05) is 0 Å². The van der Waals surface area contributed by atoms with Crippen molar-refractivity contribution >= 4 is 16.9 Å². The van der Waals surface area contributed by atoms with Gasteiger partial charge in [-0.15, -0.1) is 0 Å². The number of rotatable bonds is 2. The van der Waals surface area contributed by atoms with Gasteiger partial charge in [0.05, 0.1) is 0 Å². The molecule has 0 saturated heterocycles. The molecule has 15 heavy (non-hydrogen) atoms. The van der Waals surface area contributed by atoms with E-state index in [-0.39, 0.29) is 5.76 Å². The van der Waals surface area contributed by atoms with E-state index >= 15 is 0 Å². The van der Waals surface area contributed by atoms with Crippen molar-refractivity contribution < 1.29 is 14.3 Å². The summed E-state index contributed by atoms with van der Waals surface area (Å²) in [6.07, 6.45) is 0. The van der Waals surface area contributed by atoms with Gasteiger partial charge in [-0.05, 0) is 19.1 Å². The maximum absolute atomic E-state index is 10.9. The lowest BCUT2D eigenvalue weighted by molar-refractivity contribution is -0.143. The van der Waals surface area contributed by atoms with Gasteiger partial charge in [-0.3, -0.25) is 0 Å². The van der Waals surface area contributed by atoms with Gasteiger partial charge in [-0.25, -0.2) is 4.79 Å². The van der Waals surface area contributed by atoms with Crippen LogP contribution in [0.2, 0.25) is 0 Å². The number of fused-ring (bicyclic) bond motifs is 1. The van der Waals surface area contributed by atoms with E-state index in [1.165, 1.54) is 6.92 Å². The van der Waals surface area contributed by atoms with Crippen LogP contribution in [0.4, 0.5) is 0 Å². The van der Waals surface area contributed by atoms with Crippen LogP contribution in [0.3, 0.4) is 0 Å². The smallest absolute Gasteiger partial charge is 0.331 e. The summed E-state index contributed by atoms with van der Waals surface area (Å²) in [5.41, 5.74) is 4.81. The monoisotopic (exact) mass is 205 g/mol. The van der Waals surface area contributed by atoms with Crippen LogP contribution in [0.25, 0.3) is 11.0 Å². The highest BCUT2D eigenvalue weighted by atomic mass is 16.4. The number of aliphatic carboxylic acids is 1. The zero-order valence-electron chi connectivity index (χ0n) is 8.23. The van der Waals surface area contributed by atoms with E-state index in [2.05, 4.69) is 0 Å². The summed E-state index contributed by atoms with van der Waals surface area (Å²) in [6, 6.07) is 8.96. The zero-order valence-corrected chi connectivity index (χ0v) is 8.23. The average Bonchev–Trinajstić information content (AvgIpc) is 2.61. The number of carbonyl (C=O) groups is 1. The molecule has 4 heteroatoms. The normalized spacial score (nSPS) is 15.1. The molecule has 0 bridgehead atoms. The number of carboxylic acid groups (broad SMARTS) is 1. The van der Waals surface area contributed by atoms with Gasteiger partial charge in [0, 0.05) is 5.39 Å². The largest absolute Gasteiger partial charge is 0.480 e. The van der Waals surface area contributed by atoms with Crippen LogP contribution >= 0.6 is 0 Å². The third-order valence-electron chi connectivity index (χ3n) is 2.38. The van der Waals surface area contributed by atoms with Crippen LogP contribution in [0.1, 0.15) is 12.7 Å². The minimum Gasteiger partial charge on any atom is -0.480 e. The Bertz CT molecular complexity index is 480. The topological polar surface area (TPSA) is 76.5 Å². The third-order valence-corrected chi connectivity index (χ3v) is 2.38. The fourth-order valence-corrected chi connectivity index (χ4v) is 1.34. The molecule has 1 aromatic carbocycles. The van der Waals surface area contributed by atoms with Crippen LogP contribution in [-0.2, 0) is 10.3 Å². The fraction of sp³-hybridized carbons (Fsp3) is 0.182. The Morgan fingerprint density at radius 1 is 1.47 bits per heavy atom. The van der Waals surface area contributed by atoms with Gasteiger partial charge >= 0.3 is 5.97 Å². The van der Waals surface area contributed by atoms with Gasteiger partial charge in [-0.2, -0.15) is 0 Å². The molecule has 0 aliphatic carbocycles. The highest BCUT2D eigenvalue weighted by Gasteiger charge is 2.33. The Morgan fingerprint density at radius 2 is 2.13 bits per heavy atom. The molecule has 0 aliphatic heterocycles. The number of furan rings is 1. The number of hydrogen-bond donors (Lipinski definition) is 2. The first kappa shape index (κ1) is 9.73. The number of benzene rings is 1. The van der Waals surface area contributed by atoms with Crippen molar-refractivity contribution in [3.63, 3.8) is 0 Å². The minimum atomic E-state index is -1.49. The van der Waals surface area contributed by atoms with E-state index in [1.807, 2.05) is 18.2 Å². The molecule has 0 aliphatic rings. The standard InChI is InChI=1S/C11H11NO3/c1-11(12,10(13)14)9-6-7-4-2-3-5-8(7)15-9/h2-6H,12H2,1H3,(H,13,14)/t11-/m1/s1. The molecule has 3 N–H and O–H groups in total. The summed E-state index contributed by atoms with van der Waals surface area (Å²) in [7, 11) is 0. The van der Waals surface area contributed by atoms with Crippen LogP contribution in [0.15, 0.2) is 34.7 Å². The van der Waals surface area contributed by atoms with Gasteiger partial charge in [0.15, 0.2) is 5.54 Å². The van der Waals surface area contributed by atoms with Gasteiger partial charge in [-0.1, -0.05) is 18.2 Å². The first-order valence-electron chi connectivity index (χ1n) is 4.53. The molecule has 4 nitrogen and oxygen atoms in total. The van der Waals surface area contributed by atoms with Gasteiger partial charge in [0.1, 0.15) is 11.3 Å². The predicted molar refractivity (Wildman–Crippen MR) is 55.4 cm³/mol. The molecule has 0 fully saturated rings. The number of para-hydroxylation sites is 1. The molecule has 2 rings (SSSR count). The highest BCUT2D eigenvalue weighted by Crippen LogP contribution is 2.26. The molecule has 0 amide bonds. The lowest BCUT2D eigenvalue weighted by Crippen LogP contribution is -2.41. The van der Waals surface area contributed by atoms with Crippen molar-refractivity contribution in [2.45, 2.75) is 12.5 Å². The van der Waals surface area contributed by atoms with Crippen molar-refractivity contribution in [1.82, 2.24) is 0 Å². The molecule has 1 heterocycles. The van der Waals surface area contributed by atoms with Crippen LogP contribution in [0, 0.1) is 0 Å². The van der Waals surface area contributed by atoms with Gasteiger partial charge in [0.2, 0.25) is 0 Å². The molecule has 1 aromatic heterocycles. The molecule has 0 saturated carbocycles. The van der Waals surface area contributed by atoms with Crippen LogP contribution < -0.4 is 5.73 Å². The Labute approximate surface area is 86.3 Å². The van der Waals surface area contributed by atoms with Crippen LogP contribution in [0.5, 0.6) is 0 Å². The maximum atomic E-state index is 10.9. The summed E-state index contributed by atoms with van der Waals surface area (Å²) < 4.78 is 5.39. The first-order chi connectivity index (χ1) is 7.01. The zero-order chi connectivity index (χ0) is 11.1. The van der Waals surface area contributed by atoms with Gasteiger partial charge in [0.25, 0.3) is 0 Å². The Balaban J connectivity index is 2.58. The number of carboxylic acids is 1. The van der Waals surface area contributed by atoms with E-state index in [0.29, 0.717) is 5.58 Å². The SMILES string of the molecule is C[C@](N)(C(=O)O)c1cc2ccccc2o1. The Morgan fingerprint density at radius 3 is 2.73 bits per heavy atom. The molecule has 0 radical (unpaired) electrons. The predicted octanol–water partition coefficient (Wildman–Crippen LogP) is 1.69. The minimum absolute atomic E-state index is 0.260. The molecule has 1 atom stereocenters. The Kier molecular flexibility index (Phi) is 2.01. The van der Waals surface area contributed by atoms with Crippen molar-refractivity contribution in [3.05, 3.63) is 36.1 Å². The number of hydrogen-bond acceptors (Lipinski definition) is 3. The average molecular weight is 205 g/mol. The summed E-state index contributed by atoms with van der Waals surface area (Å²) >= 11 is 0. The van der Waals surface area contributed by atoms with Crippen molar-refractivity contribution in [2.24, 2.45) is 5.73 Å². The second kappa shape index (κ2) is 3.10. The van der Waals surface area contributed by atoms with E-state index in [9.17, 15) is 4.79 Å².